The van der Waals surface area contributed by atoms with Crippen LogP contribution in [0, 0.1) is 0 Å². The summed E-state index contributed by atoms with van der Waals surface area (Å²) in [4.78, 5) is 7.41. The van der Waals surface area contributed by atoms with E-state index in [0.29, 0.717) is 12.6 Å². The van der Waals surface area contributed by atoms with E-state index in [1.807, 2.05) is 0 Å². The third-order valence-electron chi connectivity index (χ3n) is 6.45. The van der Waals surface area contributed by atoms with Gasteiger partial charge in [-0.1, -0.05) is 18.6 Å². The maximum absolute atomic E-state index is 5.35. The van der Waals surface area contributed by atoms with Crippen molar-refractivity contribution in [3.05, 3.63) is 41.5 Å². The van der Waals surface area contributed by atoms with E-state index >= 15 is 0 Å². The maximum atomic E-state index is 5.35. The summed E-state index contributed by atoms with van der Waals surface area (Å²) in [7, 11) is 1.71. The van der Waals surface area contributed by atoms with Crippen molar-refractivity contribution in [2.24, 2.45) is 4.99 Å². The van der Waals surface area contributed by atoms with Gasteiger partial charge in [0.05, 0.1) is 13.2 Å². The number of hydrogen-bond donors (Lipinski definition) is 2. The van der Waals surface area contributed by atoms with Crippen LogP contribution in [0.25, 0.3) is 0 Å². The Labute approximate surface area is 191 Å². The zero-order chi connectivity index (χ0) is 22.2. The number of ether oxygens (including phenoxy) is 1. The van der Waals surface area contributed by atoms with E-state index in [1.165, 1.54) is 37.7 Å². The number of rotatable bonds is 8. The molecule has 0 radical (unpaired) electrons. The summed E-state index contributed by atoms with van der Waals surface area (Å²) in [5.74, 6) is 3.80. The molecule has 174 valence electrons. The molecule has 0 saturated carbocycles. The first-order valence-corrected chi connectivity index (χ1v) is 12.1. The number of methoxy groups -OCH3 is 1. The second kappa shape index (κ2) is 11.3. The molecule has 4 rings (SSSR count). The fourth-order valence-electron chi connectivity index (χ4n) is 4.68. The highest BCUT2D eigenvalue weighted by Gasteiger charge is 2.24. The number of aryl methyl sites for hydroxylation is 1. The number of aliphatic imine (C=N–C) groups is 1. The van der Waals surface area contributed by atoms with Crippen LogP contribution in [0.2, 0.25) is 0 Å². The standard InChI is InChI=1S/C24H37N7O/c1-3-25-24(27-18-23-29-28-22-9-5-4-6-16-31(22)23)26-17-21(30-14-7-8-15-30)19-10-12-20(32-2)13-11-19/h10-13,21H,3-9,14-18H2,1-2H3,(H2,25,26,27). The van der Waals surface area contributed by atoms with Gasteiger partial charge in [-0.2, -0.15) is 0 Å². The van der Waals surface area contributed by atoms with E-state index < -0.39 is 0 Å². The molecule has 1 aromatic heterocycles. The third-order valence-corrected chi connectivity index (χ3v) is 6.45. The highest BCUT2D eigenvalue weighted by molar-refractivity contribution is 5.79. The Morgan fingerprint density at radius 1 is 1.03 bits per heavy atom. The highest BCUT2D eigenvalue weighted by Crippen LogP contribution is 2.26. The number of guanidine groups is 1. The van der Waals surface area contributed by atoms with Gasteiger partial charge in [-0.25, -0.2) is 4.99 Å². The molecule has 8 heteroatoms. The lowest BCUT2D eigenvalue weighted by Gasteiger charge is -2.29. The van der Waals surface area contributed by atoms with Gasteiger partial charge >= 0.3 is 0 Å². The molecule has 2 N–H and O–H groups in total. The lowest BCUT2D eigenvalue weighted by Crippen LogP contribution is -2.42. The minimum atomic E-state index is 0.302. The van der Waals surface area contributed by atoms with E-state index in [1.54, 1.807) is 7.11 Å². The van der Waals surface area contributed by atoms with Gasteiger partial charge in [0.15, 0.2) is 11.8 Å². The summed E-state index contributed by atoms with van der Waals surface area (Å²) in [6, 6.07) is 8.76. The average molecular weight is 440 g/mol. The van der Waals surface area contributed by atoms with Gasteiger partial charge in [-0.05, 0) is 63.4 Å². The quantitative estimate of drug-likeness (QED) is 0.486. The summed E-state index contributed by atoms with van der Waals surface area (Å²) in [5.41, 5.74) is 1.30. The summed E-state index contributed by atoms with van der Waals surface area (Å²) in [5, 5.41) is 15.8. The van der Waals surface area contributed by atoms with Crippen molar-refractivity contribution < 1.29 is 4.74 Å². The molecule has 2 aliphatic rings. The van der Waals surface area contributed by atoms with Crippen LogP contribution in [0.4, 0.5) is 0 Å². The van der Waals surface area contributed by atoms with Crippen molar-refractivity contribution in [3.8, 4) is 5.75 Å². The smallest absolute Gasteiger partial charge is 0.191 e. The molecule has 0 amide bonds. The second-order valence-electron chi connectivity index (χ2n) is 8.60. The molecule has 1 fully saturated rings. The van der Waals surface area contributed by atoms with Crippen molar-refractivity contribution in [1.82, 2.24) is 30.3 Å². The molecule has 1 atom stereocenters. The van der Waals surface area contributed by atoms with Gasteiger partial charge in [0, 0.05) is 26.1 Å². The van der Waals surface area contributed by atoms with Gasteiger partial charge < -0.3 is 19.9 Å². The van der Waals surface area contributed by atoms with E-state index in [9.17, 15) is 0 Å². The van der Waals surface area contributed by atoms with Crippen LogP contribution in [0.15, 0.2) is 29.3 Å². The fourth-order valence-corrected chi connectivity index (χ4v) is 4.68. The SMILES string of the molecule is CCNC(=NCc1nnc2n1CCCCC2)NCC(c1ccc(OC)cc1)N1CCCC1. The Hall–Kier alpha value is -2.61. The Morgan fingerprint density at radius 2 is 1.81 bits per heavy atom. The molecule has 0 spiro atoms. The van der Waals surface area contributed by atoms with Gasteiger partial charge in [-0.15, -0.1) is 10.2 Å². The summed E-state index contributed by atoms with van der Waals surface area (Å²) in [6.45, 7) is 7.54. The van der Waals surface area contributed by atoms with Gasteiger partial charge in [-0.3, -0.25) is 4.90 Å². The third kappa shape index (κ3) is 5.59. The first kappa shape index (κ1) is 22.6. The predicted octanol–water partition coefficient (Wildman–Crippen LogP) is 2.91. The molecule has 32 heavy (non-hydrogen) atoms. The van der Waals surface area contributed by atoms with Crippen molar-refractivity contribution >= 4 is 5.96 Å². The molecular weight excluding hydrogens is 402 g/mol. The van der Waals surface area contributed by atoms with Crippen molar-refractivity contribution in [2.75, 3.05) is 33.3 Å². The summed E-state index contributed by atoms with van der Waals surface area (Å²) < 4.78 is 7.62. The molecule has 3 heterocycles. The molecule has 2 aromatic rings. The molecule has 1 unspecified atom stereocenters. The van der Waals surface area contributed by atoms with Gasteiger partial charge in [0.25, 0.3) is 0 Å². The van der Waals surface area contributed by atoms with Crippen molar-refractivity contribution in [2.45, 2.75) is 64.6 Å². The summed E-state index contributed by atoms with van der Waals surface area (Å²) >= 11 is 0. The number of likely N-dealkylation sites (tertiary alicyclic amines) is 1. The Morgan fingerprint density at radius 3 is 2.56 bits per heavy atom. The van der Waals surface area contributed by atoms with Crippen LogP contribution in [0.3, 0.4) is 0 Å². The Balaban J connectivity index is 1.45. The van der Waals surface area contributed by atoms with E-state index in [2.05, 4.69) is 61.5 Å². The van der Waals surface area contributed by atoms with Crippen molar-refractivity contribution in [3.63, 3.8) is 0 Å². The first-order valence-electron chi connectivity index (χ1n) is 12.1. The molecule has 0 aliphatic carbocycles. The molecule has 1 saturated heterocycles. The van der Waals surface area contributed by atoms with Crippen molar-refractivity contribution in [1.29, 1.82) is 0 Å². The molecule has 8 nitrogen and oxygen atoms in total. The van der Waals surface area contributed by atoms with Crippen LogP contribution in [0.1, 0.15) is 62.3 Å². The monoisotopic (exact) mass is 439 g/mol. The summed E-state index contributed by atoms with van der Waals surface area (Å²) in [6.07, 6.45) is 7.21. The fraction of sp³-hybridized carbons (Fsp3) is 0.625. The van der Waals surface area contributed by atoms with E-state index in [0.717, 1.165) is 62.5 Å². The normalized spacial score (nSPS) is 18.1. The number of hydrogen-bond acceptors (Lipinski definition) is 5. The minimum absolute atomic E-state index is 0.302. The topological polar surface area (TPSA) is 79.6 Å². The maximum Gasteiger partial charge on any atom is 0.191 e. The predicted molar refractivity (Wildman–Crippen MR) is 127 cm³/mol. The average Bonchev–Trinajstić information content (AvgIpc) is 3.43. The Bertz CT molecular complexity index is 871. The number of benzene rings is 1. The Kier molecular flexibility index (Phi) is 7.98. The zero-order valence-corrected chi connectivity index (χ0v) is 19.5. The lowest BCUT2D eigenvalue weighted by molar-refractivity contribution is 0.245. The van der Waals surface area contributed by atoms with Crippen LogP contribution >= 0.6 is 0 Å². The lowest BCUT2D eigenvalue weighted by atomic mass is 10.1. The largest absolute Gasteiger partial charge is 0.497 e. The van der Waals surface area contributed by atoms with Crippen LogP contribution in [0.5, 0.6) is 5.75 Å². The molecule has 0 bridgehead atoms. The molecule has 2 aliphatic heterocycles. The number of aromatic nitrogens is 3. The van der Waals surface area contributed by atoms with Crippen LogP contribution in [-0.2, 0) is 19.5 Å². The number of nitrogens with zero attached hydrogens (tertiary/aromatic N) is 5. The second-order valence-corrected chi connectivity index (χ2v) is 8.60. The van der Waals surface area contributed by atoms with Gasteiger partial charge in [0.2, 0.25) is 0 Å². The number of fused-ring (bicyclic) bond motifs is 1. The van der Waals surface area contributed by atoms with Crippen LogP contribution in [-0.4, -0.2) is 58.9 Å². The van der Waals surface area contributed by atoms with Crippen LogP contribution < -0.4 is 15.4 Å². The molecule has 1 aromatic carbocycles. The molecular formula is C24H37N7O. The number of nitrogens with one attached hydrogen (secondary N) is 2. The minimum Gasteiger partial charge on any atom is -0.497 e. The van der Waals surface area contributed by atoms with E-state index in [4.69, 9.17) is 9.73 Å². The van der Waals surface area contributed by atoms with E-state index in [-0.39, 0.29) is 0 Å². The highest BCUT2D eigenvalue weighted by atomic mass is 16.5. The van der Waals surface area contributed by atoms with Gasteiger partial charge in [0.1, 0.15) is 18.1 Å². The first-order chi connectivity index (χ1) is 15.8. The zero-order valence-electron chi connectivity index (χ0n) is 19.5.